The van der Waals surface area contributed by atoms with Crippen LogP contribution in [0.25, 0.3) is 0 Å². The van der Waals surface area contributed by atoms with Gasteiger partial charge in [0, 0.05) is 6.54 Å². The molecule has 80 valence electrons. The predicted molar refractivity (Wildman–Crippen MR) is 58.4 cm³/mol. The van der Waals surface area contributed by atoms with Crippen molar-refractivity contribution in [3.63, 3.8) is 0 Å². The summed E-state index contributed by atoms with van der Waals surface area (Å²) in [6.07, 6.45) is 0. The molecule has 3 nitrogen and oxygen atoms in total. The molecule has 0 saturated heterocycles. The van der Waals surface area contributed by atoms with Crippen molar-refractivity contribution in [3.8, 4) is 0 Å². The topological polar surface area (TPSA) is 30.7 Å². The molecule has 0 aliphatic heterocycles. The third-order valence-electron chi connectivity index (χ3n) is 2.83. The summed E-state index contributed by atoms with van der Waals surface area (Å²) in [5.74, 6) is 1.42. The van der Waals surface area contributed by atoms with Crippen molar-refractivity contribution < 1.29 is 0 Å². The fourth-order valence-electron chi connectivity index (χ4n) is 1.11. The summed E-state index contributed by atoms with van der Waals surface area (Å²) in [5.41, 5.74) is 0.278. The maximum Gasteiger partial charge on any atom is 0.225 e. The molecule has 1 unspecified atom stereocenters. The van der Waals surface area contributed by atoms with Gasteiger partial charge in [0.25, 0.3) is 0 Å². The number of halogens is 1. The molecule has 0 amide bonds. The second-order valence-corrected chi connectivity index (χ2v) is 5.23. The van der Waals surface area contributed by atoms with Gasteiger partial charge in [0.1, 0.15) is 5.82 Å². The first-order chi connectivity index (χ1) is 6.32. The lowest BCUT2D eigenvalue weighted by atomic mass is 9.82. The Morgan fingerprint density at radius 3 is 2.29 bits per heavy atom. The van der Waals surface area contributed by atoms with Gasteiger partial charge in [-0.15, -0.1) is 10.2 Å². The fourth-order valence-corrected chi connectivity index (χ4v) is 1.34. The zero-order valence-electron chi connectivity index (χ0n) is 9.50. The van der Waals surface area contributed by atoms with E-state index in [0.29, 0.717) is 11.2 Å². The molecule has 1 aromatic rings. The largest absolute Gasteiger partial charge is 0.302 e. The van der Waals surface area contributed by atoms with Crippen LogP contribution in [0.5, 0.6) is 0 Å². The van der Waals surface area contributed by atoms with Gasteiger partial charge in [-0.05, 0) is 29.9 Å². The lowest BCUT2D eigenvalue weighted by molar-refractivity contribution is 0.231. The average Bonchev–Trinajstić information content (AvgIpc) is 2.34. The van der Waals surface area contributed by atoms with E-state index in [0.717, 1.165) is 12.4 Å². The molecule has 1 heterocycles. The first-order valence-electron chi connectivity index (χ1n) is 4.87. The minimum Gasteiger partial charge on any atom is -0.302 e. The summed E-state index contributed by atoms with van der Waals surface area (Å²) >= 11 is 5.93. The average molecular weight is 216 g/mol. The number of aryl methyl sites for hydroxylation is 1. The molecule has 4 heteroatoms. The van der Waals surface area contributed by atoms with Gasteiger partial charge in [-0.3, -0.25) is 0 Å². The van der Waals surface area contributed by atoms with Crippen molar-refractivity contribution in [2.75, 3.05) is 0 Å². The predicted octanol–water partition coefficient (Wildman–Crippen LogP) is 2.92. The standard InChI is InChI=1S/C10H18ClN3/c1-7(10(3,4)5)6-14-8(2)12-13-9(14)11/h7H,6H2,1-5H3. The van der Waals surface area contributed by atoms with Crippen LogP contribution < -0.4 is 0 Å². The van der Waals surface area contributed by atoms with Gasteiger partial charge in [-0.25, -0.2) is 0 Å². The fraction of sp³-hybridized carbons (Fsp3) is 0.800. The maximum absolute atomic E-state index is 5.93. The summed E-state index contributed by atoms with van der Waals surface area (Å²) in [6.45, 7) is 11.7. The van der Waals surface area contributed by atoms with Crippen LogP contribution in [0.2, 0.25) is 5.28 Å². The van der Waals surface area contributed by atoms with E-state index in [4.69, 9.17) is 11.6 Å². The number of nitrogens with zero attached hydrogens (tertiary/aromatic N) is 3. The third kappa shape index (κ3) is 2.47. The monoisotopic (exact) mass is 215 g/mol. The first kappa shape index (κ1) is 11.5. The van der Waals surface area contributed by atoms with Crippen molar-refractivity contribution in [2.45, 2.75) is 41.2 Å². The molecule has 0 aliphatic carbocycles. The summed E-state index contributed by atoms with van der Waals surface area (Å²) in [7, 11) is 0. The van der Waals surface area contributed by atoms with E-state index in [-0.39, 0.29) is 5.41 Å². The minimum absolute atomic E-state index is 0.278. The van der Waals surface area contributed by atoms with Crippen LogP contribution in [0.4, 0.5) is 0 Å². The van der Waals surface area contributed by atoms with E-state index >= 15 is 0 Å². The summed E-state index contributed by atoms with van der Waals surface area (Å²) in [4.78, 5) is 0. The lowest BCUT2D eigenvalue weighted by Crippen LogP contribution is -2.23. The lowest BCUT2D eigenvalue weighted by Gasteiger charge is -2.27. The van der Waals surface area contributed by atoms with E-state index in [1.807, 2.05) is 11.5 Å². The zero-order valence-corrected chi connectivity index (χ0v) is 10.3. The Balaban J connectivity index is 2.79. The van der Waals surface area contributed by atoms with Gasteiger partial charge in [-0.2, -0.15) is 0 Å². The molecule has 0 saturated carbocycles. The number of aromatic nitrogens is 3. The molecule has 1 atom stereocenters. The van der Waals surface area contributed by atoms with E-state index in [1.165, 1.54) is 0 Å². The SMILES string of the molecule is Cc1nnc(Cl)n1CC(C)C(C)(C)C. The van der Waals surface area contributed by atoms with Gasteiger partial charge >= 0.3 is 0 Å². The van der Waals surface area contributed by atoms with E-state index < -0.39 is 0 Å². The summed E-state index contributed by atoms with van der Waals surface area (Å²) < 4.78 is 1.96. The van der Waals surface area contributed by atoms with E-state index in [2.05, 4.69) is 37.9 Å². The molecular formula is C10H18ClN3. The summed E-state index contributed by atoms with van der Waals surface area (Å²) in [6, 6.07) is 0. The van der Waals surface area contributed by atoms with Crippen molar-refractivity contribution in [1.82, 2.24) is 14.8 Å². The molecule has 1 aromatic heterocycles. The van der Waals surface area contributed by atoms with Crippen LogP contribution in [0.1, 0.15) is 33.5 Å². The molecule has 0 aromatic carbocycles. The van der Waals surface area contributed by atoms with Crippen LogP contribution in [-0.2, 0) is 6.54 Å². The Hall–Kier alpha value is -0.570. The van der Waals surface area contributed by atoms with Crippen LogP contribution >= 0.6 is 11.6 Å². The molecule has 0 spiro atoms. The van der Waals surface area contributed by atoms with Gasteiger partial charge in [0.15, 0.2) is 0 Å². The molecule has 0 aliphatic rings. The highest BCUT2D eigenvalue weighted by Gasteiger charge is 2.21. The number of hydrogen-bond acceptors (Lipinski definition) is 2. The first-order valence-corrected chi connectivity index (χ1v) is 5.25. The number of hydrogen-bond donors (Lipinski definition) is 0. The molecular weight excluding hydrogens is 198 g/mol. The van der Waals surface area contributed by atoms with Crippen LogP contribution in [0.3, 0.4) is 0 Å². The molecule has 0 N–H and O–H groups in total. The second kappa shape index (κ2) is 3.89. The van der Waals surface area contributed by atoms with Crippen LogP contribution in [-0.4, -0.2) is 14.8 Å². The van der Waals surface area contributed by atoms with Gasteiger partial charge < -0.3 is 4.57 Å². The third-order valence-corrected chi connectivity index (χ3v) is 3.11. The second-order valence-electron chi connectivity index (χ2n) is 4.89. The van der Waals surface area contributed by atoms with Crippen molar-refractivity contribution in [3.05, 3.63) is 11.1 Å². The van der Waals surface area contributed by atoms with Gasteiger partial charge in [-0.1, -0.05) is 27.7 Å². The van der Waals surface area contributed by atoms with Crippen LogP contribution in [0.15, 0.2) is 0 Å². The molecule has 0 radical (unpaired) electrons. The highest BCUT2D eigenvalue weighted by molar-refractivity contribution is 6.28. The molecule has 14 heavy (non-hydrogen) atoms. The Bertz CT molecular complexity index is 292. The minimum atomic E-state index is 0.278. The summed E-state index contributed by atoms with van der Waals surface area (Å²) in [5, 5.41) is 8.25. The van der Waals surface area contributed by atoms with Crippen LogP contribution in [0, 0.1) is 18.3 Å². The van der Waals surface area contributed by atoms with Crippen molar-refractivity contribution in [1.29, 1.82) is 0 Å². The highest BCUT2D eigenvalue weighted by Crippen LogP contribution is 2.27. The Kier molecular flexibility index (Phi) is 3.20. The van der Waals surface area contributed by atoms with E-state index in [9.17, 15) is 0 Å². The molecule has 1 rings (SSSR count). The Morgan fingerprint density at radius 1 is 1.36 bits per heavy atom. The van der Waals surface area contributed by atoms with E-state index in [1.54, 1.807) is 0 Å². The van der Waals surface area contributed by atoms with Crippen molar-refractivity contribution in [2.24, 2.45) is 11.3 Å². The molecule has 0 bridgehead atoms. The Labute approximate surface area is 90.5 Å². The van der Waals surface area contributed by atoms with Crippen molar-refractivity contribution >= 4 is 11.6 Å². The van der Waals surface area contributed by atoms with Gasteiger partial charge in [0.2, 0.25) is 5.28 Å². The molecule has 0 fully saturated rings. The van der Waals surface area contributed by atoms with Gasteiger partial charge in [0.05, 0.1) is 0 Å². The highest BCUT2D eigenvalue weighted by atomic mass is 35.5. The maximum atomic E-state index is 5.93. The quantitative estimate of drug-likeness (QED) is 0.760. The smallest absolute Gasteiger partial charge is 0.225 e. The zero-order chi connectivity index (χ0) is 10.9. The normalized spacial score (nSPS) is 14.4. The Morgan fingerprint density at radius 2 is 1.93 bits per heavy atom. The number of rotatable bonds is 2.